The van der Waals surface area contributed by atoms with Crippen LogP contribution in [-0.2, 0) is 0 Å². The van der Waals surface area contributed by atoms with Crippen molar-refractivity contribution in [1.82, 2.24) is 0 Å². The third kappa shape index (κ3) is 1.39. The molecule has 0 heteroatoms. The smallest absolute Gasteiger partial charge is 0.00668 e. The molecule has 1 atom stereocenters. The molecule has 1 aromatic carbocycles. The summed E-state index contributed by atoms with van der Waals surface area (Å²) >= 11 is 0. The van der Waals surface area contributed by atoms with E-state index in [1.165, 1.54) is 16.7 Å². The minimum Gasteiger partial charge on any atom is -0.0952 e. The van der Waals surface area contributed by atoms with Gasteiger partial charge in [-0.2, -0.15) is 0 Å². The molecule has 0 nitrogen and oxygen atoms in total. The maximum atomic E-state index is 4.16. The van der Waals surface area contributed by atoms with Crippen molar-refractivity contribution in [2.45, 2.75) is 33.1 Å². The van der Waals surface area contributed by atoms with E-state index in [0.717, 1.165) is 6.42 Å². The summed E-state index contributed by atoms with van der Waals surface area (Å²) in [6.45, 7) is 11.1. The van der Waals surface area contributed by atoms with Crippen molar-refractivity contribution >= 4 is 5.57 Å². The fourth-order valence-corrected chi connectivity index (χ4v) is 2.36. The molecule has 0 heterocycles. The lowest BCUT2D eigenvalue weighted by Gasteiger charge is -2.27. The van der Waals surface area contributed by atoms with E-state index in [1.807, 2.05) is 0 Å². The van der Waals surface area contributed by atoms with E-state index >= 15 is 0 Å². The van der Waals surface area contributed by atoms with Gasteiger partial charge in [0.25, 0.3) is 0 Å². The minimum absolute atomic E-state index is 0.343. The van der Waals surface area contributed by atoms with Gasteiger partial charge in [-0.25, -0.2) is 0 Å². The predicted octanol–water partition coefficient (Wildman–Crippen LogP) is 4.23. The summed E-state index contributed by atoms with van der Waals surface area (Å²) in [5, 5.41) is 0. The summed E-state index contributed by atoms with van der Waals surface area (Å²) in [7, 11) is 0. The van der Waals surface area contributed by atoms with Crippen LogP contribution in [0.25, 0.3) is 5.57 Å². The van der Waals surface area contributed by atoms with Crippen molar-refractivity contribution in [3.63, 3.8) is 0 Å². The Hall–Kier alpha value is -1.04. The Kier molecular flexibility index (Phi) is 2.02. The summed E-state index contributed by atoms with van der Waals surface area (Å²) in [6.07, 6.45) is 1.13. The van der Waals surface area contributed by atoms with E-state index < -0.39 is 0 Å². The molecule has 1 aromatic rings. The van der Waals surface area contributed by atoms with Crippen molar-refractivity contribution in [1.29, 1.82) is 0 Å². The molecule has 2 rings (SSSR count). The lowest BCUT2D eigenvalue weighted by molar-refractivity contribution is 0.330. The van der Waals surface area contributed by atoms with Gasteiger partial charge in [0.05, 0.1) is 0 Å². The minimum atomic E-state index is 0.343. The molecule has 0 saturated heterocycles. The summed E-state index contributed by atoms with van der Waals surface area (Å²) in [5.74, 6) is 0.645. The zero-order valence-corrected chi connectivity index (χ0v) is 9.30. The number of fused-ring (bicyclic) bond motifs is 1. The first-order valence-corrected chi connectivity index (χ1v) is 5.27. The lowest BCUT2D eigenvalue weighted by atomic mass is 9.77. The van der Waals surface area contributed by atoms with Gasteiger partial charge in [-0.15, -0.1) is 0 Å². The largest absolute Gasteiger partial charge is 0.0952 e. The lowest BCUT2D eigenvalue weighted by Crippen LogP contribution is -2.15. The second kappa shape index (κ2) is 2.98. The Morgan fingerprint density at radius 2 is 1.86 bits per heavy atom. The number of hydrogen-bond acceptors (Lipinski definition) is 0. The SMILES string of the molecule is C=C1CC(C(C)(C)C)c2ccccc21. The van der Waals surface area contributed by atoms with Crippen molar-refractivity contribution in [2.24, 2.45) is 5.41 Å². The molecule has 1 aliphatic rings. The highest BCUT2D eigenvalue weighted by molar-refractivity contribution is 5.72. The number of hydrogen-bond donors (Lipinski definition) is 0. The summed E-state index contributed by atoms with van der Waals surface area (Å²) in [5.41, 5.74) is 4.52. The van der Waals surface area contributed by atoms with E-state index in [2.05, 4.69) is 51.6 Å². The van der Waals surface area contributed by atoms with Crippen LogP contribution >= 0.6 is 0 Å². The molecular formula is C14H18. The highest BCUT2D eigenvalue weighted by Gasteiger charge is 2.33. The van der Waals surface area contributed by atoms with Gasteiger partial charge in [-0.1, -0.05) is 51.6 Å². The molecule has 0 aromatic heterocycles. The molecule has 0 saturated carbocycles. The summed E-state index contributed by atoms with van der Waals surface area (Å²) in [6, 6.07) is 8.69. The Bertz CT molecular complexity index is 366. The Balaban J connectivity index is 2.50. The van der Waals surface area contributed by atoms with Crippen molar-refractivity contribution < 1.29 is 0 Å². The summed E-state index contributed by atoms with van der Waals surface area (Å²) < 4.78 is 0. The zero-order valence-electron chi connectivity index (χ0n) is 9.30. The van der Waals surface area contributed by atoms with Crippen LogP contribution in [0.2, 0.25) is 0 Å². The van der Waals surface area contributed by atoms with Crippen LogP contribution in [0.4, 0.5) is 0 Å². The summed E-state index contributed by atoms with van der Waals surface area (Å²) in [4.78, 5) is 0. The van der Waals surface area contributed by atoms with E-state index in [-0.39, 0.29) is 0 Å². The van der Waals surface area contributed by atoms with Crippen LogP contribution in [0.3, 0.4) is 0 Å². The molecule has 0 fully saturated rings. The molecule has 0 aliphatic heterocycles. The van der Waals surface area contributed by atoms with E-state index in [4.69, 9.17) is 0 Å². The molecule has 1 unspecified atom stereocenters. The Labute approximate surface area is 86.7 Å². The van der Waals surface area contributed by atoms with Gasteiger partial charge in [-0.05, 0) is 34.5 Å². The molecule has 74 valence electrons. The van der Waals surface area contributed by atoms with Gasteiger partial charge in [0, 0.05) is 0 Å². The zero-order chi connectivity index (χ0) is 10.3. The van der Waals surface area contributed by atoms with Crippen LogP contribution < -0.4 is 0 Å². The first-order chi connectivity index (χ1) is 6.50. The molecule has 0 N–H and O–H groups in total. The van der Waals surface area contributed by atoms with E-state index in [0.29, 0.717) is 11.3 Å². The van der Waals surface area contributed by atoms with Gasteiger partial charge >= 0.3 is 0 Å². The van der Waals surface area contributed by atoms with Gasteiger partial charge in [0.2, 0.25) is 0 Å². The highest BCUT2D eigenvalue weighted by atomic mass is 14.4. The van der Waals surface area contributed by atoms with Crippen LogP contribution in [0.1, 0.15) is 44.2 Å². The first-order valence-electron chi connectivity index (χ1n) is 5.27. The Morgan fingerprint density at radius 1 is 1.21 bits per heavy atom. The van der Waals surface area contributed by atoms with Crippen molar-refractivity contribution in [2.75, 3.05) is 0 Å². The standard InChI is InChI=1S/C14H18/c1-10-9-13(14(2,3)4)12-8-6-5-7-11(10)12/h5-8,13H,1,9H2,2-4H3. The predicted molar refractivity (Wildman–Crippen MR) is 62.3 cm³/mol. The van der Waals surface area contributed by atoms with Crippen LogP contribution in [-0.4, -0.2) is 0 Å². The monoisotopic (exact) mass is 186 g/mol. The van der Waals surface area contributed by atoms with Crippen LogP contribution in [0, 0.1) is 5.41 Å². The Morgan fingerprint density at radius 3 is 2.50 bits per heavy atom. The molecule has 0 amide bonds. The molecule has 14 heavy (non-hydrogen) atoms. The van der Waals surface area contributed by atoms with Gasteiger partial charge in [0.1, 0.15) is 0 Å². The van der Waals surface area contributed by atoms with E-state index in [9.17, 15) is 0 Å². The van der Waals surface area contributed by atoms with Crippen molar-refractivity contribution in [3.8, 4) is 0 Å². The average molecular weight is 186 g/mol. The molecular weight excluding hydrogens is 168 g/mol. The van der Waals surface area contributed by atoms with Crippen LogP contribution in [0.5, 0.6) is 0 Å². The third-order valence-electron chi connectivity index (χ3n) is 3.21. The molecule has 0 spiro atoms. The first kappa shape index (κ1) is 9.51. The van der Waals surface area contributed by atoms with Gasteiger partial charge in [-0.3, -0.25) is 0 Å². The topological polar surface area (TPSA) is 0 Å². The molecule has 1 aliphatic carbocycles. The number of rotatable bonds is 0. The quantitative estimate of drug-likeness (QED) is 0.568. The van der Waals surface area contributed by atoms with E-state index in [1.54, 1.807) is 0 Å². The third-order valence-corrected chi connectivity index (χ3v) is 3.21. The highest BCUT2D eigenvalue weighted by Crippen LogP contribution is 2.48. The normalized spacial score (nSPS) is 21.1. The second-order valence-corrected chi connectivity index (χ2v) is 5.31. The fraction of sp³-hybridized carbons (Fsp3) is 0.429. The number of benzene rings is 1. The second-order valence-electron chi connectivity index (χ2n) is 5.31. The van der Waals surface area contributed by atoms with Crippen molar-refractivity contribution in [3.05, 3.63) is 42.0 Å². The molecule has 0 bridgehead atoms. The fourth-order valence-electron chi connectivity index (χ4n) is 2.36. The van der Waals surface area contributed by atoms with Gasteiger partial charge in [0.15, 0.2) is 0 Å². The number of allylic oxidation sites excluding steroid dienone is 1. The molecule has 0 radical (unpaired) electrons. The maximum Gasteiger partial charge on any atom is -0.00668 e. The average Bonchev–Trinajstić information content (AvgIpc) is 2.44. The maximum absolute atomic E-state index is 4.16. The van der Waals surface area contributed by atoms with Crippen LogP contribution in [0.15, 0.2) is 30.8 Å². The van der Waals surface area contributed by atoms with Gasteiger partial charge < -0.3 is 0 Å².